The van der Waals surface area contributed by atoms with Crippen molar-refractivity contribution in [3.63, 3.8) is 0 Å². The third kappa shape index (κ3) is 4.48. The molecule has 8 heteroatoms. The van der Waals surface area contributed by atoms with E-state index in [0.29, 0.717) is 11.5 Å². The van der Waals surface area contributed by atoms with Gasteiger partial charge in [0.1, 0.15) is 11.6 Å². The Balaban J connectivity index is 1.36. The molecular weight excluding hydrogens is 376 g/mol. The Bertz CT molecular complexity index is 987. The number of benzene rings is 2. The van der Waals surface area contributed by atoms with E-state index in [-0.39, 0.29) is 11.5 Å². The molecule has 1 amide bonds. The molecule has 4 rings (SSSR count). The Hall–Kier alpha value is -3.55. The lowest BCUT2D eigenvalue weighted by Crippen LogP contribution is -2.46. The first kappa shape index (κ1) is 18.8. The van der Waals surface area contributed by atoms with Gasteiger partial charge in [0.2, 0.25) is 0 Å². The lowest BCUT2D eigenvalue weighted by atomic mass is 10.2. The Labute approximate surface area is 166 Å². The largest absolute Gasteiger partial charge is 0.368 e. The van der Waals surface area contributed by atoms with Gasteiger partial charge < -0.3 is 15.1 Å². The molecule has 0 bridgehead atoms. The molecule has 2 heterocycles. The van der Waals surface area contributed by atoms with Crippen molar-refractivity contribution in [3.05, 3.63) is 78.0 Å². The van der Waals surface area contributed by atoms with Crippen molar-refractivity contribution in [1.29, 1.82) is 0 Å². The van der Waals surface area contributed by atoms with E-state index in [1.54, 1.807) is 30.3 Å². The van der Waals surface area contributed by atoms with Gasteiger partial charge in [-0.25, -0.2) is 8.78 Å². The SMILES string of the molecule is O=C(Nc1cccc(F)c1)c1ccc(N2CCN(c3ccc(F)cc3)CC2)nn1. The van der Waals surface area contributed by atoms with Crippen LogP contribution in [0.4, 0.5) is 26.0 Å². The molecule has 1 N–H and O–H groups in total. The molecule has 0 radical (unpaired) electrons. The molecule has 1 aromatic heterocycles. The van der Waals surface area contributed by atoms with Crippen LogP contribution in [-0.2, 0) is 0 Å². The molecule has 2 aromatic carbocycles. The number of nitrogens with zero attached hydrogens (tertiary/aromatic N) is 4. The number of hydrogen-bond acceptors (Lipinski definition) is 5. The maximum Gasteiger partial charge on any atom is 0.276 e. The van der Waals surface area contributed by atoms with Gasteiger partial charge in [0.15, 0.2) is 11.5 Å². The Morgan fingerprint density at radius 1 is 0.828 bits per heavy atom. The predicted octanol–water partition coefficient (Wildman–Crippen LogP) is 3.33. The first-order valence-electron chi connectivity index (χ1n) is 9.24. The number of nitrogens with one attached hydrogen (secondary N) is 1. The van der Waals surface area contributed by atoms with Crippen LogP contribution in [0.15, 0.2) is 60.7 Å². The maximum absolute atomic E-state index is 13.2. The highest BCUT2D eigenvalue weighted by molar-refractivity contribution is 6.02. The highest BCUT2D eigenvalue weighted by Crippen LogP contribution is 2.19. The minimum atomic E-state index is -0.448. The van der Waals surface area contributed by atoms with Crippen LogP contribution >= 0.6 is 0 Å². The standard InChI is InChI=1S/C21H19F2N5O/c22-15-4-6-18(7-5-15)27-10-12-28(13-11-27)20-9-8-19(25-26-20)21(29)24-17-3-1-2-16(23)14-17/h1-9,14H,10-13H2,(H,24,29). The molecule has 29 heavy (non-hydrogen) atoms. The first-order valence-corrected chi connectivity index (χ1v) is 9.24. The van der Waals surface area contributed by atoms with Crippen LogP contribution in [0, 0.1) is 11.6 Å². The van der Waals surface area contributed by atoms with E-state index >= 15 is 0 Å². The van der Waals surface area contributed by atoms with Crippen molar-refractivity contribution < 1.29 is 13.6 Å². The number of aromatic nitrogens is 2. The molecule has 1 fully saturated rings. The molecule has 6 nitrogen and oxygen atoms in total. The molecule has 0 unspecified atom stereocenters. The van der Waals surface area contributed by atoms with E-state index < -0.39 is 11.7 Å². The Morgan fingerprint density at radius 3 is 2.21 bits per heavy atom. The zero-order chi connectivity index (χ0) is 20.2. The highest BCUT2D eigenvalue weighted by Gasteiger charge is 2.19. The number of carbonyl (C=O) groups excluding carboxylic acids is 1. The topological polar surface area (TPSA) is 61.4 Å². The van der Waals surface area contributed by atoms with E-state index in [0.717, 1.165) is 31.9 Å². The molecular formula is C21H19F2N5O. The van der Waals surface area contributed by atoms with Crippen molar-refractivity contribution in [2.45, 2.75) is 0 Å². The van der Waals surface area contributed by atoms with Crippen LogP contribution in [0.25, 0.3) is 0 Å². The van der Waals surface area contributed by atoms with Crippen molar-refractivity contribution in [2.75, 3.05) is 41.3 Å². The third-order valence-corrected chi connectivity index (χ3v) is 4.76. The molecule has 0 saturated carbocycles. The summed E-state index contributed by atoms with van der Waals surface area (Å²) in [6.07, 6.45) is 0. The molecule has 1 aliphatic rings. The Morgan fingerprint density at radius 2 is 1.55 bits per heavy atom. The summed E-state index contributed by atoms with van der Waals surface area (Å²) in [5.74, 6) is -0.435. The van der Waals surface area contributed by atoms with Crippen LogP contribution in [-0.4, -0.2) is 42.3 Å². The number of halogens is 2. The fourth-order valence-corrected chi connectivity index (χ4v) is 3.22. The minimum Gasteiger partial charge on any atom is -0.368 e. The van der Waals surface area contributed by atoms with Gasteiger partial charge in [-0.1, -0.05) is 6.07 Å². The van der Waals surface area contributed by atoms with E-state index in [9.17, 15) is 13.6 Å². The van der Waals surface area contributed by atoms with Crippen molar-refractivity contribution in [2.24, 2.45) is 0 Å². The monoisotopic (exact) mass is 395 g/mol. The van der Waals surface area contributed by atoms with Gasteiger partial charge in [0.05, 0.1) is 0 Å². The molecule has 1 saturated heterocycles. The minimum absolute atomic E-state index is 0.156. The maximum atomic E-state index is 13.2. The van der Waals surface area contributed by atoms with Gasteiger partial charge in [-0.3, -0.25) is 4.79 Å². The lowest BCUT2D eigenvalue weighted by molar-refractivity contribution is 0.102. The summed E-state index contributed by atoms with van der Waals surface area (Å²) in [5, 5.41) is 10.8. The quantitative estimate of drug-likeness (QED) is 0.734. The van der Waals surface area contributed by atoms with Gasteiger partial charge in [-0.15, -0.1) is 10.2 Å². The number of rotatable bonds is 4. The van der Waals surface area contributed by atoms with E-state index in [1.165, 1.54) is 30.3 Å². The fraction of sp³-hybridized carbons (Fsp3) is 0.190. The zero-order valence-corrected chi connectivity index (χ0v) is 15.6. The predicted molar refractivity (Wildman–Crippen MR) is 107 cm³/mol. The van der Waals surface area contributed by atoms with Gasteiger partial charge in [0, 0.05) is 37.6 Å². The zero-order valence-electron chi connectivity index (χ0n) is 15.6. The van der Waals surface area contributed by atoms with E-state index in [2.05, 4.69) is 25.3 Å². The fourth-order valence-electron chi connectivity index (χ4n) is 3.22. The smallest absolute Gasteiger partial charge is 0.276 e. The number of hydrogen-bond donors (Lipinski definition) is 1. The van der Waals surface area contributed by atoms with E-state index in [4.69, 9.17) is 0 Å². The summed E-state index contributed by atoms with van der Waals surface area (Å²) in [4.78, 5) is 16.5. The van der Waals surface area contributed by atoms with Gasteiger partial charge in [0.25, 0.3) is 5.91 Å². The summed E-state index contributed by atoms with van der Waals surface area (Å²) in [6, 6.07) is 15.5. The summed E-state index contributed by atoms with van der Waals surface area (Å²) in [7, 11) is 0. The molecule has 0 atom stereocenters. The second-order valence-corrected chi connectivity index (χ2v) is 6.69. The van der Waals surface area contributed by atoms with Crippen LogP contribution in [0.2, 0.25) is 0 Å². The number of anilines is 3. The van der Waals surface area contributed by atoms with Crippen LogP contribution < -0.4 is 15.1 Å². The molecule has 0 spiro atoms. The van der Waals surface area contributed by atoms with Gasteiger partial charge in [-0.05, 0) is 54.6 Å². The highest BCUT2D eigenvalue weighted by atomic mass is 19.1. The number of amides is 1. The van der Waals surface area contributed by atoms with Crippen LogP contribution in [0.3, 0.4) is 0 Å². The molecule has 0 aliphatic carbocycles. The average Bonchev–Trinajstić information content (AvgIpc) is 2.75. The van der Waals surface area contributed by atoms with E-state index in [1.807, 2.05) is 0 Å². The summed E-state index contributed by atoms with van der Waals surface area (Å²) in [6.45, 7) is 3.02. The second-order valence-electron chi connectivity index (χ2n) is 6.69. The van der Waals surface area contributed by atoms with Gasteiger partial charge >= 0.3 is 0 Å². The Kier molecular flexibility index (Phi) is 5.33. The van der Waals surface area contributed by atoms with Gasteiger partial charge in [-0.2, -0.15) is 0 Å². The summed E-state index contributed by atoms with van der Waals surface area (Å²) in [5.41, 5.74) is 1.50. The van der Waals surface area contributed by atoms with Crippen molar-refractivity contribution >= 4 is 23.1 Å². The molecule has 3 aromatic rings. The average molecular weight is 395 g/mol. The lowest BCUT2D eigenvalue weighted by Gasteiger charge is -2.36. The van der Waals surface area contributed by atoms with Crippen LogP contribution in [0.1, 0.15) is 10.5 Å². The third-order valence-electron chi connectivity index (χ3n) is 4.76. The summed E-state index contributed by atoms with van der Waals surface area (Å²) >= 11 is 0. The summed E-state index contributed by atoms with van der Waals surface area (Å²) < 4.78 is 26.3. The van der Waals surface area contributed by atoms with Crippen LogP contribution in [0.5, 0.6) is 0 Å². The van der Waals surface area contributed by atoms with Crippen molar-refractivity contribution in [1.82, 2.24) is 10.2 Å². The number of carbonyl (C=O) groups is 1. The normalized spacial score (nSPS) is 14.0. The second kappa shape index (κ2) is 8.22. The number of piperazine rings is 1. The molecule has 1 aliphatic heterocycles. The van der Waals surface area contributed by atoms with Crippen molar-refractivity contribution in [3.8, 4) is 0 Å². The molecule has 148 valence electrons. The first-order chi connectivity index (χ1) is 14.1.